The lowest BCUT2D eigenvalue weighted by Crippen LogP contribution is -2.30. The largest absolute Gasteiger partial charge is 0.465 e. The monoisotopic (exact) mass is 429 g/mol. The molecule has 1 amide bonds. The fourth-order valence-corrected chi connectivity index (χ4v) is 3.40. The number of nitrogens with zero attached hydrogens (tertiary/aromatic N) is 4. The van der Waals surface area contributed by atoms with Crippen molar-refractivity contribution in [3.8, 4) is 0 Å². The Kier molecular flexibility index (Phi) is 6.62. The van der Waals surface area contributed by atoms with Gasteiger partial charge in [0.2, 0.25) is 0 Å². The predicted octanol–water partition coefficient (Wildman–Crippen LogP) is 2.65. The summed E-state index contributed by atoms with van der Waals surface area (Å²) in [4.78, 5) is 35.4. The number of pyridine rings is 1. The van der Waals surface area contributed by atoms with E-state index in [0.29, 0.717) is 17.9 Å². The summed E-state index contributed by atoms with van der Waals surface area (Å²) >= 11 is 1.61. The van der Waals surface area contributed by atoms with Crippen molar-refractivity contribution in [1.82, 2.24) is 19.9 Å². The summed E-state index contributed by atoms with van der Waals surface area (Å²) in [5.41, 5.74) is 0.161. The molecule has 3 rings (SSSR count). The fourth-order valence-electron chi connectivity index (χ4n) is 2.92. The number of carbonyl (C=O) groups excluding carboxylic acids is 2. The lowest BCUT2D eigenvalue weighted by Gasteiger charge is -2.17. The smallest absolute Gasteiger partial charge is 0.338 e. The molecule has 3 aromatic rings. The van der Waals surface area contributed by atoms with E-state index >= 15 is 0 Å². The van der Waals surface area contributed by atoms with Gasteiger partial charge in [-0.2, -0.15) is 11.8 Å². The number of nitrogens with one attached hydrogen (secondary N) is 1. The van der Waals surface area contributed by atoms with Crippen LogP contribution < -0.4 is 5.32 Å². The van der Waals surface area contributed by atoms with Gasteiger partial charge in [-0.3, -0.25) is 19.3 Å². The highest BCUT2D eigenvalue weighted by Crippen LogP contribution is 2.22. The van der Waals surface area contributed by atoms with Crippen molar-refractivity contribution in [1.29, 1.82) is 0 Å². The molecule has 156 valence electrons. The van der Waals surface area contributed by atoms with E-state index in [-0.39, 0.29) is 16.8 Å². The zero-order chi connectivity index (χ0) is 21.7. The Morgan fingerprint density at radius 2 is 2.03 bits per heavy atom. The van der Waals surface area contributed by atoms with Gasteiger partial charge in [-0.1, -0.05) is 6.07 Å². The molecule has 2 heterocycles. The number of non-ortho nitro benzene ring substituents is 1. The van der Waals surface area contributed by atoms with Crippen LogP contribution in [0, 0.1) is 10.1 Å². The highest BCUT2D eigenvalue weighted by molar-refractivity contribution is 7.98. The van der Waals surface area contributed by atoms with E-state index in [9.17, 15) is 19.7 Å². The van der Waals surface area contributed by atoms with Crippen LogP contribution in [0.2, 0.25) is 0 Å². The van der Waals surface area contributed by atoms with Crippen LogP contribution >= 0.6 is 11.8 Å². The van der Waals surface area contributed by atoms with Gasteiger partial charge in [0, 0.05) is 23.9 Å². The molecule has 2 aromatic heterocycles. The predicted molar refractivity (Wildman–Crippen MR) is 111 cm³/mol. The number of methoxy groups -OCH3 is 1. The summed E-state index contributed by atoms with van der Waals surface area (Å²) < 4.78 is 6.41. The van der Waals surface area contributed by atoms with Crippen LogP contribution in [0.4, 0.5) is 5.69 Å². The van der Waals surface area contributed by atoms with Crippen molar-refractivity contribution >= 4 is 35.0 Å². The minimum absolute atomic E-state index is 0.0208. The van der Waals surface area contributed by atoms with Gasteiger partial charge in [-0.05, 0) is 36.6 Å². The summed E-state index contributed by atoms with van der Waals surface area (Å²) in [6.07, 6.45) is 4.32. The van der Waals surface area contributed by atoms with E-state index in [2.05, 4.69) is 20.3 Å². The van der Waals surface area contributed by atoms with E-state index in [1.54, 1.807) is 28.4 Å². The van der Waals surface area contributed by atoms with Gasteiger partial charge >= 0.3 is 5.97 Å². The number of rotatable bonds is 8. The molecule has 0 aliphatic rings. The average molecular weight is 429 g/mol. The minimum Gasteiger partial charge on any atom is -0.465 e. The van der Waals surface area contributed by atoms with Crippen LogP contribution in [0.1, 0.15) is 39.0 Å². The zero-order valence-electron chi connectivity index (χ0n) is 16.3. The number of benzene rings is 1. The molecular formula is C19H19N5O5S. The van der Waals surface area contributed by atoms with Crippen LogP contribution in [0.15, 0.2) is 42.6 Å². The molecule has 0 bridgehead atoms. The van der Waals surface area contributed by atoms with E-state index in [1.165, 1.54) is 6.07 Å². The molecule has 0 radical (unpaired) electrons. The number of ether oxygens (including phenoxy) is 1. The maximum absolute atomic E-state index is 12.9. The number of carbonyl (C=O) groups is 2. The summed E-state index contributed by atoms with van der Waals surface area (Å²) in [6, 6.07) is 8.43. The van der Waals surface area contributed by atoms with Crippen LogP contribution in [0.3, 0.4) is 0 Å². The molecule has 0 saturated carbocycles. The lowest BCUT2D eigenvalue weighted by molar-refractivity contribution is -0.384. The highest BCUT2D eigenvalue weighted by atomic mass is 32.2. The van der Waals surface area contributed by atoms with Crippen LogP contribution in [-0.4, -0.2) is 50.5 Å². The second kappa shape index (κ2) is 9.35. The molecule has 0 spiro atoms. The molecule has 1 atom stereocenters. The van der Waals surface area contributed by atoms with Crippen molar-refractivity contribution in [2.24, 2.45) is 0 Å². The third kappa shape index (κ3) is 4.57. The van der Waals surface area contributed by atoms with Crippen molar-refractivity contribution in [3.05, 3.63) is 69.7 Å². The van der Waals surface area contributed by atoms with Crippen molar-refractivity contribution in [3.63, 3.8) is 0 Å². The molecule has 1 aromatic carbocycles. The summed E-state index contributed by atoms with van der Waals surface area (Å²) in [5.74, 6) is -0.0425. The van der Waals surface area contributed by atoms with Crippen molar-refractivity contribution in [2.75, 3.05) is 19.1 Å². The number of aromatic nitrogens is 3. The van der Waals surface area contributed by atoms with Gasteiger partial charge < -0.3 is 10.1 Å². The number of thioether (sulfide) groups is 1. The third-order valence-corrected chi connectivity index (χ3v) is 5.02. The number of nitro benzene ring substituents is 1. The van der Waals surface area contributed by atoms with Crippen LogP contribution in [0.25, 0.3) is 5.65 Å². The number of hydrogen-bond acceptors (Lipinski definition) is 8. The SMILES string of the molecule is COC(=O)c1cc(C(=O)N[C@@H](CCSC)c2nnc3ccccn23)cc([N+](=O)[O-])c1. The molecule has 30 heavy (non-hydrogen) atoms. The Hall–Kier alpha value is -3.47. The number of fused-ring (bicyclic) bond motifs is 1. The van der Waals surface area contributed by atoms with E-state index < -0.39 is 22.8 Å². The van der Waals surface area contributed by atoms with Crippen molar-refractivity contribution < 1.29 is 19.2 Å². The Labute approximate surface area is 175 Å². The standard InChI is InChI=1S/C19H19N5O5S/c1-29-19(26)13-9-12(10-14(11-13)24(27)28)18(25)20-15(6-8-30-2)17-22-21-16-5-3-4-7-23(16)17/h3-5,7,9-11,15H,6,8H2,1-2H3,(H,20,25)/t15-/m0/s1. The first-order chi connectivity index (χ1) is 14.4. The molecule has 0 fully saturated rings. The molecular weight excluding hydrogens is 410 g/mol. The molecule has 11 heteroatoms. The van der Waals surface area contributed by atoms with Gasteiger partial charge in [-0.15, -0.1) is 10.2 Å². The van der Waals surface area contributed by atoms with Gasteiger partial charge in [-0.25, -0.2) is 4.79 Å². The van der Waals surface area contributed by atoms with E-state index in [1.807, 2.05) is 18.4 Å². The van der Waals surface area contributed by atoms with Gasteiger partial charge in [0.05, 0.1) is 23.6 Å². The Bertz CT molecular complexity index is 1100. The Morgan fingerprint density at radius 3 is 2.73 bits per heavy atom. The second-order valence-corrected chi connectivity index (χ2v) is 7.30. The van der Waals surface area contributed by atoms with Gasteiger partial charge in [0.1, 0.15) is 0 Å². The first-order valence-corrected chi connectivity index (χ1v) is 10.3. The first-order valence-electron chi connectivity index (χ1n) is 8.92. The third-order valence-electron chi connectivity index (χ3n) is 4.38. The Morgan fingerprint density at radius 1 is 1.27 bits per heavy atom. The first kappa shape index (κ1) is 21.2. The second-order valence-electron chi connectivity index (χ2n) is 6.31. The number of esters is 1. The highest BCUT2D eigenvalue weighted by Gasteiger charge is 2.23. The summed E-state index contributed by atoms with van der Waals surface area (Å²) in [5, 5.41) is 22.4. The van der Waals surface area contributed by atoms with Gasteiger partial charge in [0.15, 0.2) is 11.5 Å². The van der Waals surface area contributed by atoms with E-state index in [0.717, 1.165) is 25.0 Å². The molecule has 1 N–H and O–H groups in total. The maximum atomic E-state index is 12.9. The topological polar surface area (TPSA) is 129 Å². The van der Waals surface area contributed by atoms with E-state index in [4.69, 9.17) is 0 Å². The summed E-state index contributed by atoms with van der Waals surface area (Å²) in [6.45, 7) is 0. The van der Waals surface area contributed by atoms with Crippen LogP contribution in [-0.2, 0) is 4.74 Å². The molecule has 0 saturated heterocycles. The van der Waals surface area contributed by atoms with Crippen molar-refractivity contribution in [2.45, 2.75) is 12.5 Å². The van der Waals surface area contributed by atoms with Gasteiger partial charge in [0.25, 0.3) is 11.6 Å². The fraction of sp³-hybridized carbons (Fsp3) is 0.263. The molecule has 10 nitrogen and oxygen atoms in total. The maximum Gasteiger partial charge on any atom is 0.338 e. The Balaban J connectivity index is 1.95. The molecule has 0 aliphatic carbocycles. The lowest BCUT2D eigenvalue weighted by atomic mass is 10.1. The summed E-state index contributed by atoms with van der Waals surface area (Å²) in [7, 11) is 1.16. The minimum atomic E-state index is -0.768. The number of amides is 1. The quantitative estimate of drug-likeness (QED) is 0.329. The average Bonchev–Trinajstić information content (AvgIpc) is 3.19. The zero-order valence-corrected chi connectivity index (χ0v) is 17.1. The normalized spacial score (nSPS) is 11.8. The van der Waals surface area contributed by atoms with Crippen LogP contribution in [0.5, 0.6) is 0 Å². The molecule has 0 aliphatic heterocycles. The number of nitro groups is 1. The number of hydrogen-bond donors (Lipinski definition) is 1. The molecule has 0 unspecified atom stereocenters.